The molecule has 0 aromatic rings. The minimum absolute atomic E-state index is 0.0329. The fraction of sp³-hybridized carbons (Fsp3) is 1.00. The second-order valence-electron chi connectivity index (χ2n) is 5.65. The Labute approximate surface area is 95.0 Å². The van der Waals surface area contributed by atoms with Crippen molar-refractivity contribution in [1.29, 1.82) is 0 Å². The highest BCUT2D eigenvalue weighted by molar-refractivity contribution is 4.74. The van der Waals surface area contributed by atoms with Crippen LogP contribution in [0.5, 0.6) is 0 Å². The molecule has 1 heterocycles. The zero-order valence-corrected chi connectivity index (χ0v) is 10.9. The second-order valence-corrected chi connectivity index (χ2v) is 5.65. The molecule has 90 valence electrons. The summed E-state index contributed by atoms with van der Waals surface area (Å²) in [4.78, 5) is 2.55. The van der Waals surface area contributed by atoms with Gasteiger partial charge in [0.25, 0.3) is 0 Å². The minimum atomic E-state index is 0.0329. The molecule has 0 radical (unpaired) electrons. The van der Waals surface area contributed by atoms with Crippen molar-refractivity contribution in [3.05, 3.63) is 0 Å². The fourth-order valence-corrected chi connectivity index (χ4v) is 2.19. The van der Waals surface area contributed by atoms with Crippen LogP contribution in [0, 0.1) is 5.92 Å². The highest BCUT2D eigenvalue weighted by atomic mass is 16.5. The summed E-state index contributed by atoms with van der Waals surface area (Å²) in [6.07, 6.45) is 3.95. The Bertz CT molecular complexity index is 174. The van der Waals surface area contributed by atoms with Crippen molar-refractivity contribution in [2.45, 2.75) is 52.6 Å². The fourth-order valence-electron chi connectivity index (χ4n) is 2.19. The van der Waals surface area contributed by atoms with E-state index in [2.05, 4.69) is 32.6 Å². The predicted molar refractivity (Wildman–Crippen MR) is 65.2 cm³/mol. The van der Waals surface area contributed by atoms with Crippen LogP contribution < -0.4 is 0 Å². The molecule has 0 amide bonds. The van der Waals surface area contributed by atoms with Gasteiger partial charge in [-0.3, -0.25) is 0 Å². The molecule has 0 saturated carbocycles. The first-order chi connectivity index (χ1) is 7.01. The normalized spacial score (nSPS) is 23.6. The van der Waals surface area contributed by atoms with E-state index < -0.39 is 0 Å². The Kier molecular flexibility index (Phi) is 5.07. The lowest BCUT2D eigenvalue weighted by molar-refractivity contribution is -0.00578. The van der Waals surface area contributed by atoms with Gasteiger partial charge in [-0.1, -0.05) is 6.92 Å². The molecular formula is C13H27NO. The van der Waals surface area contributed by atoms with E-state index in [9.17, 15) is 0 Å². The van der Waals surface area contributed by atoms with Crippen LogP contribution in [-0.4, -0.2) is 36.7 Å². The topological polar surface area (TPSA) is 12.5 Å². The van der Waals surface area contributed by atoms with Gasteiger partial charge < -0.3 is 9.64 Å². The zero-order chi connectivity index (χ0) is 11.3. The molecule has 0 aliphatic carbocycles. The van der Waals surface area contributed by atoms with E-state index in [1.54, 1.807) is 0 Å². The monoisotopic (exact) mass is 213 g/mol. The second kappa shape index (κ2) is 5.86. The van der Waals surface area contributed by atoms with Crippen molar-refractivity contribution in [3.8, 4) is 0 Å². The van der Waals surface area contributed by atoms with Crippen LogP contribution in [0.4, 0.5) is 0 Å². The first-order valence-corrected chi connectivity index (χ1v) is 6.37. The summed E-state index contributed by atoms with van der Waals surface area (Å²) in [5.74, 6) is 0.925. The van der Waals surface area contributed by atoms with Gasteiger partial charge in [-0.2, -0.15) is 0 Å². The van der Waals surface area contributed by atoms with Gasteiger partial charge in [0.2, 0.25) is 0 Å². The molecule has 1 atom stereocenters. The summed E-state index contributed by atoms with van der Waals surface area (Å²) in [6.45, 7) is 13.4. The van der Waals surface area contributed by atoms with Crippen molar-refractivity contribution < 1.29 is 4.74 Å². The molecule has 0 N–H and O–H groups in total. The van der Waals surface area contributed by atoms with Gasteiger partial charge in [-0.25, -0.2) is 0 Å². The lowest BCUT2D eigenvalue weighted by Gasteiger charge is -2.20. The number of rotatable bonds is 5. The lowest BCUT2D eigenvalue weighted by atomic mass is 10.0. The summed E-state index contributed by atoms with van der Waals surface area (Å²) in [6, 6.07) is 0. The molecule has 0 aromatic carbocycles. The van der Waals surface area contributed by atoms with E-state index in [1.807, 2.05) is 0 Å². The maximum absolute atomic E-state index is 5.73. The van der Waals surface area contributed by atoms with Crippen molar-refractivity contribution in [3.63, 3.8) is 0 Å². The van der Waals surface area contributed by atoms with Crippen LogP contribution in [0.25, 0.3) is 0 Å². The summed E-state index contributed by atoms with van der Waals surface area (Å²) in [7, 11) is 0. The van der Waals surface area contributed by atoms with Crippen molar-refractivity contribution in [1.82, 2.24) is 4.90 Å². The summed E-state index contributed by atoms with van der Waals surface area (Å²) >= 11 is 0. The third kappa shape index (κ3) is 5.53. The number of nitrogens with zero attached hydrogens (tertiary/aromatic N) is 1. The molecule has 1 aliphatic heterocycles. The predicted octanol–water partition coefficient (Wildman–Crippen LogP) is 2.92. The van der Waals surface area contributed by atoms with Gasteiger partial charge in [0.1, 0.15) is 0 Å². The SMILES string of the molecule is CCN1CCC(CCCOC(C)(C)C)C1. The van der Waals surface area contributed by atoms with Gasteiger partial charge in [-0.15, -0.1) is 0 Å². The first kappa shape index (κ1) is 13.0. The Balaban J connectivity index is 2.02. The van der Waals surface area contributed by atoms with E-state index in [1.165, 1.54) is 38.9 Å². The number of ether oxygens (including phenoxy) is 1. The van der Waals surface area contributed by atoms with Gasteiger partial charge in [0.15, 0.2) is 0 Å². The lowest BCUT2D eigenvalue weighted by Crippen LogP contribution is -2.21. The molecule has 1 saturated heterocycles. The maximum atomic E-state index is 5.73. The molecule has 0 bridgehead atoms. The van der Waals surface area contributed by atoms with Gasteiger partial charge >= 0.3 is 0 Å². The van der Waals surface area contributed by atoms with E-state index in [4.69, 9.17) is 4.74 Å². The first-order valence-electron chi connectivity index (χ1n) is 6.37. The molecular weight excluding hydrogens is 186 g/mol. The van der Waals surface area contributed by atoms with Crippen LogP contribution >= 0.6 is 0 Å². The molecule has 2 heteroatoms. The van der Waals surface area contributed by atoms with Gasteiger partial charge in [-0.05, 0) is 59.0 Å². The Hall–Kier alpha value is -0.0800. The highest BCUT2D eigenvalue weighted by Gasteiger charge is 2.20. The Morgan fingerprint density at radius 3 is 2.60 bits per heavy atom. The molecule has 1 rings (SSSR count). The van der Waals surface area contributed by atoms with E-state index >= 15 is 0 Å². The molecule has 15 heavy (non-hydrogen) atoms. The van der Waals surface area contributed by atoms with Crippen LogP contribution in [0.3, 0.4) is 0 Å². The molecule has 0 aromatic heterocycles. The smallest absolute Gasteiger partial charge is 0.0598 e. The van der Waals surface area contributed by atoms with Crippen molar-refractivity contribution in [2.24, 2.45) is 5.92 Å². The summed E-state index contributed by atoms with van der Waals surface area (Å²) < 4.78 is 5.73. The molecule has 1 aliphatic rings. The third-order valence-electron chi connectivity index (χ3n) is 3.11. The maximum Gasteiger partial charge on any atom is 0.0598 e. The largest absolute Gasteiger partial charge is 0.376 e. The number of likely N-dealkylation sites (tertiary alicyclic amines) is 1. The number of hydrogen-bond acceptors (Lipinski definition) is 2. The van der Waals surface area contributed by atoms with Crippen molar-refractivity contribution >= 4 is 0 Å². The van der Waals surface area contributed by atoms with Crippen molar-refractivity contribution in [2.75, 3.05) is 26.2 Å². The minimum Gasteiger partial charge on any atom is -0.376 e. The van der Waals surface area contributed by atoms with E-state index in [0.29, 0.717) is 0 Å². The van der Waals surface area contributed by atoms with Crippen LogP contribution in [-0.2, 0) is 4.74 Å². The average molecular weight is 213 g/mol. The zero-order valence-electron chi connectivity index (χ0n) is 10.9. The van der Waals surface area contributed by atoms with Crippen LogP contribution in [0.1, 0.15) is 47.0 Å². The number of hydrogen-bond donors (Lipinski definition) is 0. The van der Waals surface area contributed by atoms with Crippen LogP contribution in [0.2, 0.25) is 0 Å². The van der Waals surface area contributed by atoms with Gasteiger partial charge in [0, 0.05) is 13.2 Å². The third-order valence-corrected chi connectivity index (χ3v) is 3.11. The van der Waals surface area contributed by atoms with Crippen LogP contribution in [0.15, 0.2) is 0 Å². The molecule has 1 fully saturated rings. The summed E-state index contributed by atoms with van der Waals surface area (Å²) in [5.41, 5.74) is 0.0329. The quantitative estimate of drug-likeness (QED) is 0.651. The Morgan fingerprint density at radius 2 is 2.07 bits per heavy atom. The van der Waals surface area contributed by atoms with E-state index in [-0.39, 0.29) is 5.60 Å². The van der Waals surface area contributed by atoms with E-state index in [0.717, 1.165) is 12.5 Å². The molecule has 0 spiro atoms. The molecule has 1 unspecified atom stereocenters. The van der Waals surface area contributed by atoms with Gasteiger partial charge in [0.05, 0.1) is 5.60 Å². The molecule has 2 nitrogen and oxygen atoms in total. The summed E-state index contributed by atoms with van der Waals surface area (Å²) in [5, 5.41) is 0. The standard InChI is InChI=1S/C13H27NO/c1-5-14-9-8-12(11-14)7-6-10-15-13(2,3)4/h12H,5-11H2,1-4H3. The average Bonchev–Trinajstić information content (AvgIpc) is 2.59. The Morgan fingerprint density at radius 1 is 1.33 bits per heavy atom. The highest BCUT2D eigenvalue weighted by Crippen LogP contribution is 2.21.